The maximum absolute atomic E-state index is 11.7. The molecule has 19 heavy (non-hydrogen) atoms. The molecule has 0 aliphatic heterocycles. The van der Waals surface area contributed by atoms with Crippen LogP contribution in [0.25, 0.3) is 0 Å². The SMILES string of the molecule is CO[C@@H](c1ccccc1I)[C@H](C)OC(=O)CC(C)C. The van der Waals surface area contributed by atoms with Gasteiger partial charge < -0.3 is 9.47 Å². The van der Waals surface area contributed by atoms with Gasteiger partial charge >= 0.3 is 5.97 Å². The van der Waals surface area contributed by atoms with Crippen LogP contribution in [0.1, 0.15) is 38.9 Å². The number of carbonyl (C=O) groups is 1. The molecule has 0 aromatic heterocycles. The monoisotopic (exact) mass is 376 g/mol. The Balaban J connectivity index is 2.75. The summed E-state index contributed by atoms with van der Waals surface area (Å²) in [5, 5.41) is 0. The Hall–Kier alpha value is -0.620. The Bertz CT molecular complexity index is 418. The molecular weight excluding hydrogens is 355 g/mol. The smallest absolute Gasteiger partial charge is 0.306 e. The van der Waals surface area contributed by atoms with E-state index >= 15 is 0 Å². The van der Waals surface area contributed by atoms with E-state index in [0.29, 0.717) is 12.3 Å². The van der Waals surface area contributed by atoms with E-state index in [1.807, 2.05) is 45.0 Å². The van der Waals surface area contributed by atoms with Gasteiger partial charge in [0.05, 0.1) is 0 Å². The first kappa shape index (κ1) is 16.4. The summed E-state index contributed by atoms with van der Waals surface area (Å²) in [5.74, 6) is 0.132. The average Bonchev–Trinajstić information content (AvgIpc) is 2.31. The molecule has 1 aromatic carbocycles. The van der Waals surface area contributed by atoms with E-state index < -0.39 is 0 Å². The third-order valence-electron chi connectivity index (χ3n) is 2.78. The lowest BCUT2D eigenvalue weighted by Crippen LogP contribution is -2.25. The van der Waals surface area contributed by atoms with Crippen LogP contribution in [0.3, 0.4) is 0 Å². The highest BCUT2D eigenvalue weighted by Crippen LogP contribution is 2.27. The summed E-state index contributed by atoms with van der Waals surface area (Å²) in [7, 11) is 1.64. The van der Waals surface area contributed by atoms with Gasteiger partial charge in [-0.3, -0.25) is 4.79 Å². The summed E-state index contributed by atoms with van der Waals surface area (Å²) in [6, 6.07) is 7.97. The van der Waals surface area contributed by atoms with Crippen LogP contribution in [0, 0.1) is 9.49 Å². The quantitative estimate of drug-likeness (QED) is 0.557. The Morgan fingerprint density at radius 3 is 2.42 bits per heavy atom. The molecule has 0 unspecified atom stereocenters. The molecular formula is C15H21IO3. The van der Waals surface area contributed by atoms with Crippen LogP contribution >= 0.6 is 22.6 Å². The van der Waals surface area contributed by atoms with Gasteiger partial charge in [-0.15, -0.1) is 0 Å². The van der Waals surface area contributed by atoms with E-state index in [-0.39, 0.29) is 18.2 Å². The Labute approximate surface area is 128 Å². The van der Waals surface area contributed by atoms with Gasteiger partial charge in [0, 0.05) is 17.1 Å². The number of benzene rings is 1. The van der Waals surface area contributed by atoms with Crippen molar-refractivity contribution in [2.24, 2.45) is 5.92 Å². The minimum Gasteiger partial charge on any atom is -0.460 e. The predicted molar refractivity (Wildman–Crippen MR) is 83.9 cm³/mol. The maximum Gasteiger partial charge on any atom is 0.306 e. The molecule has 0 heterocycles. The van der Waals surface area contributed by atoms with E-state index in [2.05, 4.69) is 22.6 Å². The van der Waals surface area contributed by atoms with Gasteiger partial charge in [-0.05, 0) is 47.1 Å². The zero-order valence-electron chi connectivity index (χ0n) is 11.9. The minimum absolute atomic E-state index is 0.171. The molecule has 0 aliphatic carbocycles. The van der Waals surface area contributed by atoms with Crippen molar-refractivity contribution in [1.82, 2.24) is 0 Å². The first-order valence-electron chi connectivity index (χ1n) is 6.42. The number of ether oxygens (including phenoxy) is 2. The van der Waals surface area contributed by atoms with E-state index in [1.54, 1.807) is 7.11 Å². The number of halogens is 1. The molecule has 0 fully saturated rings. The standard InChI is InChI=1S/C15H21IO3/c1-10(2)9-14(17)19-11(3)15(18-4)12-7-5-6-8-13(12)16/h5-8,10-11,15H,9H2,1-4H3/t11-,15+/m0/s1. The molecule has 1 aromatic rings. The van der Waals surface area contributed by atoms with Gasteiger partial charge in [-0.25, -0.2) is 0 Å². The van der Waals surface area contributed by atoms with Gasteiger partial charge in [0.1, 0.15) is 12.2 Å². The topological polar surface area (TPSA) is 35.5 Å². The second kappa shape index (κ2) is 7.85. The molecule has 0 bridgehead atoms. The number of rotatable bonds is 6. The third kappa shape index (κ3) is 5.10. The van der Waals surface area contributed by atoms with Crippen molar-refractivity contribution < 1.29 is 14.3 Å². The van der Waals surface area contributed by atoms with Crippen molar-refractivity contribution in [3.05, 3.63) is 33.4 Å². The minimum atomic E-state index is -0.299. The Morgan fingerprint density at radius 1 is 1.26 bits per heavy atom. The van der Waals surface area contributed by atoms with Gasteiger partial charge in [0.2, 0.25) is 0 Å². The van der Waals surface area contributed by atoms with E-state index in [4.69, 9.17) is 9.47 Å². The highest BCUT2D eigenvalue weighted by Gasteiger charge is 2.24. The second-order valence-electron chi connectivity index (χ2n) is 4.97. The zero-order valence-corrected chi connectivity index (χ0v) is 14.0. The summed E-state index contributed by atoms with van der Waals surface area (Å²) in [6.07, 6.45) is -0.0940. The van der Waals surface area contributed by atoms with Crippen LogP contribution in [-0.4, -0.2) is 19.2 Å². The maximum atomic E-state index is 11.7. The van der Waals surface area contributed by atoms with Crippen LogP contribution in [-0.2, 0) is 14.3 Å². The zero-order chi connectivity index (χ0) is 14.4. The molecule has 0 aliphatic rings. The first-order valence-corrected chi connectivity index (χ1v) is 7.50. The molecule has 0 amide bonds. The van der Waals surface area contributed by atoms with Crippen molar-refractivity contribution in [3.63, 3.8) is 0 Å². The van der Waals surface area contributed by atoms with Crippen molar-refractivity contribution in [2.75, 3.05) is 7.11 Å². The lowest BCUT2D eigenvalue weighted by Gasteiger charge is -2.24. The van der Waals surface area contributed by atoms with Crippen LogP contribution in [0.5, 0.6) is 0 Å². The first-order chi connectivity index (χ1) is 8.95. The number of esters is 1. The van der Waals surface area contributed by atoms with Crippen molar-refractivity contribution in [2.45, 2.75) is 39.4 Å². The molecule has 0 spiro atoms. The summed E-state index contributed by atoms with van der Waals surface area (Å²) < 4.78 is 12.1. The molecule has 0 radical (unpaired) electrons. The van der Waals surface area contributed by atoms with Crippen molar-refractivity contribution in [1.29, 1.82) is 0 Å². The lowest BCUT2D eigenvalue weighted by atomic mass is 10.1. The molecule has 2 atom stereocenters. The van der Waals surface area contributed by atoms with Gasteiger partial charge in [0.15, 0.2) is 0 Å². The average molecular weight is 376 g/mol. The fourth-order valence-electron chi connectivity index (χ4n) is 1.93. The van der Waals surface area contributed by atoms with Crippen molar-refractivity contribution in [3.8, 4) is 0 Å². The van der Waals surface area contributed by atoms with Crippen LogP contribution in [0.4, 0.5) is 0 Å². The Kier molecular flexibility index (Phi) is 6.79. The lowest BCUT2D eigenvalue weighted by molar-refractivity contribution is -0.156. The van der Waals surface area contributed by atoms with E-state index in [1.165, 1.54) is 0 Å². The molecule has 0 saturated heterocycles. The number of carbonyl (C=O) groups excluding carboxylic acids is 1. The van der Waals surface area contributed by atoms with Crippen LogP contribution in [0.15, 0.2) is 24.3 Å². The third-order valence-corrected chi connectivity index (χ3v) is 3.77. The predicted octanol–water partition coefficient (Wildman–Crippen LogP) is 3.96. The van der Waals surface area contributed by atoms with E-state index in [9.17, 15) is 4.79 Å². The van der Waals surface area contributed by atoms with Crippen LogP contribution in [0.2, 0.25) is 0 Å². The van der Waals surface area contributed by atoms with Crippen LogP contribution < -0.4 is 0 Å². The molecule has 0 N–H and O–H groups in total. The molecule has 106 valence electrons. The summed E-state index contributed by atoms with van der Waals surface area (Å²) >= 11 is 2.27. The van der Waals surface area contributed by atoms with Gasteiger partial charge in [-0.1, -0.05) is 32.0 Å². The molecule has 4 heteroatoms. The van der Waals surface area contributed by atoms with E-state index in [0.717, 1.165) is 9.13 Å². The largest absolute Gasteiger partial charge is 0.460 e. The number of hydrogen-bond donors (Lipinski definition) is 0. The van der Waals surface area contributed by atoms with Crippen molar-refractivity contribution >= 4 is 28.6 Å². The van der Waals surface area contributed by atoms with Gasteiger partial charge in [0.25, 0.3) is 0 Å². The van der Waals surface area contributed by atoms with Gasteiger partial charge in [-0.2, -0.15) is 0 Å². The normalized spacial score (nSPS) is 14.2. The Morgan fingerprint density at radius 2 is 1.89 bits per heavy atom. The summed E-state index contributed by atoms with van der Waals surface area (Å²) in [4.78, 5) is 11.7. The fourth-order valence-corrected chi connectivity index (χ4v) is 2.62. The highest BCUT2D eigenvalue weighted by atomic mass is 127. The second-order valence-corrected chi connectivity index (χ2v) is 6.13. The summed E-state index contributed by atoms with van der Waals surface area (Å²) in [6.45, 7) is 5.87. The molecule has 1 rings (SSSR count). The highest BCUT2D eigenvalue weighted by molar-refractivity contribution is 14.1. The fraction of sp³-hybridized carbons (Fsp3) is 0.533. The molecule has 0 saturated carbocycles. The number of methoxy groups -OCH3 is 1. The summed E-state index contributed by atoms with van der Waals surface area (Å²) in [5.41, 5.74) is 1.05. The molecule has 3 nitrogen and oxygen atoms in total. The number of hydrogen-bond acceptors (Lipinski definition) is 3.